The monoisotopic (exact) mass is 313 g/mol. The Kier molecular flexibility index (Phi) is 3.97. The lowest BCUT2D eigenvalue weighted by atomic mass is 10.0. The second kappa shape index (κ2) is 5.29. The zero-order valence-corrected chi connectivity index (χ0v) is 12.0. The molecule has 0 saturated carbocycles. The van der Waals surface area contributed by atoms with Crippen LogP contribution in [0.2, 0.25) is 0 Å². The van der Waals surface area contributed by atoms with E-state index in [9.17, 15) is 4.39 Å². The standard InChI is InChI=1S/C13H13BrFNS/c1-8-5-6-17-13(8)12(16-2)10-4-3-9(15)7-11(10)14/h3-7,12,16H,1-2H3. The molecular formula is C13H13BrFNS. The molecule has 1 nitrogen and oxygen atoms in total. The molecule has 1 atom stereocenters. The molecule has 0 saturated heterocycles. The van der Waals surface area contributed by atoms with Crippen LogP contribution in [0.25, 0.3) is 0 Å². The largest absolute Gasteiger partial charge is 0.309 e. The van der Waals surface area contributed by atoms with Gasteiger partial charge in [-0.05, 0) is 48.7 Å². The number of halogens is 2. The van der Waals surface area contributed by atoms with Gasteiger partial charge in [0.15, 0.2) is 0 Å². The first kappa shape index (κ1) is 12.7. The summed E-state index contributed by atoms with van der Waals surface area (Å²) in [5.41, 5.74) is 2.31. The summed E-state index contributed by atoms with van der Waals surface area (Å²) in [6.07, 6.45) is 0. The van der Waals surface area contributed by atoms with Gasteiger partial charge >= 0.3 is 0 Å². The van der Waals surface area contributed by atoms with Crippen LogP contribution in [0.15, 0.2) is 34.1 Å². The van der Waals surface area contributed by atoms with E-state index >= 15 is 0 Å². The lowest BCUT2D eigenvalue weighted by Crippen LogP contribution is -2.17. The number of hydrogen-bond acceptors (Lipinski definition) is 2. The van der Waals surface area contributed by atoms with Crippen LogP contribution in [0.4, 0.5) is 4.39 Å². The number of rotatable bonds is 3. The molecule has 0 aliphatic heterocycles. The predicted molar refractivity (Wildman–Crippen MR) is 74.1 cm³/mol. The summed E-state index contributed by atoms with van der Waals surface area (Å²) in [6.45, 7) is 2.09. The fraction of sp³-hybridized carbons (Fsp3) is 0.231. The SMILES string of the molecule is CNC(c1ccc(F)cc1Br)c1sccc1C. The highest BCUT2D eigenvalue weighted by molar-refractivity contribution is 9.10. The van der Waals surface area contributed by atoms with Gasteiger partial charge in [-0.3, -0.25) is 0 Å². The molecule has 1 aromatic heterocycles. The van der Waals surface area contributed by atoms with Crippen molar-refractivity contribution >= 4 is 27.3 Å². The van der Waals surface area contributed by atoms with Gasteiger partial charge in [-0.2, -0.15) is 0 Å². The fourth-order valence-corrected chi connectivity index (χ4v) is 3.48. The number of nitrogens with one attached hydrogen (secondary N) is 1. The summed E-state index contributed by atoms with van der Waals surface area (Å²) < 4.78 is 13.9. The van der Waals surface area contributed by atoms with Crippen molar-refractivity contribution in [2.45, 2.75) is 13.0 Å². The van der Waals surface area contributed by atoms with Crippen LogP contribution in [-0.4, -0.2) is 7.05 Å². The molecule has 0 spiro atoms. The van der Waals surface area contributed by atoms with E-state index in [4.69, 9.17) is 0 Å². The number of hydrogen-bond donors (Lipinski definition) is 1. The summed E-state index contributed by atoms with van der Waals surface area (Å²) >= 11 is 5.14. The van der Waals surface area contributed by atoms with E-state index < -0.39 is 0 Å². The Morgan fingerprint density at radius 1 is 1.35 bits per heavy atom. The third-order valence-corrected chi connectivity index (χ3v) is 4.50. The first-order chi connectivity index (χ1) is 8.13. The normalized spacial score (nSPS) is 12.7. The number of thiophene rings is 1. The zero-order chi connectivity index (χ0) is 12.4. The van der Waals surface area contributed by atoms with E-state index in [1.807, 2.05) is 13.1 Å². The van der Waals surface area contributed by atoms with Crippen LogP contribution < -0.4 is 5.32 Å². The highest BCUT2D eigenvalue weighted by Crippen LogP contribution is 2.33. The molecule has 1 unspecified atom stereocenters. The molecule has 17 heavy (non-hydrogen) atoms. The van der Waals surface area contributed by atoms with Gasteiger partial charge in [0, 0.05) is 9.35 Å². The maximum Gasteiger partial charge on any atom is 0.124 e. The van der Waals surface area contributed by atoms with Crippen molar-refractivity contribution in [3.63, 3.8) is 0 Å². The summed E-state index contributed by atoms with van der Waals surface area (Å²) in [6, 6.07) is 7.02. The quantitative estimate of drug-likeness (QED) is 0.892. The van der Waals surface area contributed by atoms with Gasteiger partial charge in [0.05, 0.1) is 6.04 Å². The van der Waals surface area contributed by atoms with Gasteiger partial charge in [0.2, 0.25) is 0 Å². The minimum atomic E-state index is -0.224. The maximum atomic E-state index is 13.1. The lowest BCUT2D eigenvalue weighted by Gasteiger charge is -2.18. The van der Waals surface area contributed by atoms with E-state index in [-0.39, 0.29) is 11.9 Å². The average Bonchev–Trinajstić information content (AvgIpc) is 2.69. The number of aryl methyl sites for hydroxylation is 1. The third-order valence-electron chi connectivity index (χ3n) is 2.73. The molecule has 0 radical (unpaired) electrons. The molecule has 2 rings (SSSR count). The summed E-state index contributed by atoms with van der Waals surface area (Å²) in [5, 5.41) is 5.36. The van der Waals surface area contributed by atoms with Crippen molar-refractivity contribution in [2.75, 3.05) is 7.05 Å². The first-order valence-electron chi connectivity index (χ1n) is 5.29. The van der Waals surface area contributed by atoms with Gasteiger partial charge in [-0.15, -0.1) is 11.3 Å². The second-order valence-electron chi connectivity index (χ2n) is 3.86. The number of benzene rings is 1. The molecule has 1 heterocycles. The smallest absolute Gasteiger partial charge is 0.124 e. The van der Waals surface area contributed by atoms with Gasteiger partial charge in [0.25, 0.3) is 0 Å². The molecule has 2 aromatic rings. The molecular weight excluding hydrogens is 301 g/mol. The summed E-state index contributed by atoms with van der Waals surface area (Å²) in [5.74, 6) is -0.224. The van der Waals surface area contributed by atoms with E-state index in [2.05, 4.69) is 39.6 Å². The average molecular weight is 314 g/mol. The minimum Gasteiger partial charge on any atom is -0.309 e. The highest BCUT2D eigenvalue weighted by Gasteiger charge is 2.18. The van der Waals surface area contributed by atoms with Crippen LogP contribution in [0.5, 0.6) is 0 Å². The Labute approximate surface area is 113 Å². The van der Waals surface area contributed by atoms with E-state index in [0.29, 0.717) is 0 Å². The summed E-state index contributed by atoms with van der Waals surface area (Å²) in [4.78, 5) is 1.26. The van der Waals surface area contributed by atoms with Crippen LogP contribution in [-0.2, 0) is 0 Å². The Morgan fingerprint density at radius 2 is 2.12 bits per heavy atom. The molecule has 0 aliphatic carbocycles. The van der Waals surface area contributed by atoms with E-state index in [1.165, 1.54) is 22.6 Å². The van der Waals surface area contributed by atoms with Gasteiger partial charge < -0.3 is 5.32 Å². The van der Waals surface area contributed by atoms with Gasteiger partial charge in [0.1, 0.15) is 5.82 Å². The van der Waals surface area contributed by atoms with Crippen molar-refractivity contribution in [2.24, 2.45) is 0 Å². The molecule has 0 fully saturated rings. The first-order valence-corrected chi connectivity index (χ1v) is 6.97. The van der Waals surface area contributed by atoms with Crippen molar-refractivity contribution < 1.29 is 4.39 Å². The fourth-order valence-electron chi connectivity index (χ4n) is 1.84. The Bertz CT molecular complexity index is 524. The zero-order valence-electron chi connectivity index (χ0n) is 9.63. The molecule has 0 aliphatic rings. The minimum absolute atomic E-state index is 0.102. The van der Waals surface area contributed by atoms with Gasteiger partial charge in [-0.25, -0.2) is 4.39 Å². The Hall–Kier alpha value is -0.710. The lowest BCUT2D eigenvalue weighted by molar-refractivity contribution is 0.622. The second-order valence-corrected chi connectivity index (χ2v) is 5.66. The van der Waals surface area contributed by atoms with Gasteiger partial charge in [-0.1, -0.05) is 22.0 Å². The van der Waals surface area contributed by atoms with Crippen molar-refractivity contribution in [3.8, 4) is 0 Å². The van der Waals surface area contributed by atoms with E-state index in [1.54, 1.807) is 11.3 Å². The Morgan fingerprint density at radius 3 is 2.65 bits per heavy atom. The molecule has 90 valence electrons. The molecule has 0 bridgehead atoms. The predicted octanol–water partition coefficient (Wildman–Crippen LogP) is 4.27. The highest BCUT2D eigenvalue weighted by atomic mass is 79.9. The maximum absolute atomic E-state index is 13.1. The van der Waals surface area contributed by atoms with E-state index in [0.717, 1.165) is 10.0 Å². The Balaban J connectivity index is 2.46. The molecule has 1 aromatic carbocycles. The van der Waals surface area contributed by atoms with Crippen molar-refractivity contribution in [3.05, 3.63) is 55.9 Å². The van der Waals surface area contributed by atoms with Crippen LogP contribution in [0, 0.1) is 12.7 Å². The molecule has 0 amide bonds. The van der Waals surface area contributed by atoms with Crippen molar-refractivity contribution in [1.29, 1.82) is 0 Å². The van der Waals surface area contributed by atoms with Crippen LogP contribution in [0.1, 0.15) is 22.0 Å². The topological polar surface area (TPSA) is 12.0 Å². The summed E-state index contributed by atoms with van der Waals surface area (Å²) in [7, 11) is 1.92. The van der Waals surface area contributed by atoms with Crippen molar-refractivity contribution in [1.82, 2.24) is 5.32 Å². The van der Waals surface area contributed by atoms with Crippen LogP contribution >= 0.6 is 27.3 Å². The molecule has 4 heteroatoms. The third kappa shape index (κ3) is 2.59. The molecule has 1 N–H and O–H groups in total. The van der Waals surface area contributed by atoms with Crippen LogP contribution in [0.3, 0.4) is 0 Å².